The zero-order valence-electron chi connectivity index (χ0n) is 25.9. The Morgan fingerprint density at radius 3 is 0.911 bits per heavy atom. The lowest BCUT2D eigenvalue weighted by molar-refractivity contribution is -0.0319. The summed E-state index contributed by atoms with van der Waals surface area (Å²) in [6.07, 6.45) is -1.39. The lowest BCUT2D eigenvalue weighted by Crippen LogP contribution is -2.25. The van der Waals surface area contributed by atoms with E-state index in [-0.39, 0.29) is 26.4 Å². The third-order valence-electron chi connectivity index (χ3n) is 4.80. The Morgan fingerprint density at radius 2 is 0.667 bits per heavy atom. The SMILES string of the molecule is COCCOCCOCCOCCOCCOCCOCCOCCOCCOCCOCC(COP(=O)(O)O)OP(=O)(O)O. The molecule has 1 unspecified atom stereocenters. The molecule has 0 aliphatic heterocycles. The Kier molecular flexibility index (Phi) is 32.2. The van der Waals surface area contributed by atoms with Crippen LogP contribution in [0.3, 0.4) is 0 Å². The molecule has 0 fully saturated rings. The molecule has 21 heteroatoms. The fraction of sp³-hybridized carbons (Fsp3) is 1.00. The van der Waals surface area contributed by atoms with Crippen molar-refractivity contribution >= 4 is 15.6 Å². The molecule has 1 atom stereocenters. The quantitative estimate of drug-likeness (QED) is 0.0466. The zero-order chi connectivity index (χ0) is 33.3. The van der Waals surface area contributed by atoms with Crippen LogP contribution in [0.25, 0.3) is 0 Å². The molecule has 0 aromatic rings. The van der Waals surface area contributed by atoms with Gasteiger partial charge in [0.15, 0.2) is 0 Å². The number of ether oxygens (including phenoxy) is 11. The average molecular weight is 707 g/mol. The van der Waals surface area contributed by atoms with E-state index in [2.05, 4.69) is 9.05 Å². The van der Waals surface area contributed by atoms with Crippen molar-refractivity contribution in [3.8, 4) is 0 Å². The number of phosphoric acid groups is 2. The van der Waals surface area contributed by atoms with Gasteiger partial charge in [-0.1, -0.05) is 0 Å². The van der Waals surface area contributed by atoms with Gasteiger partial charge in [0.1, 0.15) is 6.10 Å². The van der Waals surface area contributed by atoms with E-state index in [1.165, 1.54) is 0 Å². The summed E-state index contributed by atoms with van der Waals surface area (Å²) in [5, 5.41) is 0. The minimum Gasteiger partial charge on any atom is -0.382 e. The van der Waals surface area contributed by atoms with Crippen molar-refractivity contribution in [1.29, 1.82) is 0 Å². The topological polar surface area (TPSA) is 235 Å². The summed E-state index contributed by atoms with van der Waals surface area (Å²) in [4.78, 5) is 35.1. The van der Waals surface area contributed by atoms with E-state index in [1.807, 2.05) is 0 Å². The Labute approximate surface area is 264 Å². The molecular formula is C24H52O19P2. The average Bonchev–Trinajstić information content (AvgIpc) is 2.97. The van der Waals surface area contributed by atoms with Gasteiger partial charge < -0.3 is 71.7 Å². The lowest BCUT2D eigenvalue weighted by atomic mass is 10.4. The Balaban J connectivity index is 3.29. The van der Waals surface area contributed by atoms with Gasteiger partial charge in [0, 0.05) is 7.11 Å². The Bertz CT molecular complexity index is 710. The van der Waals surface area contributed by atoms with Gasteiger partial charge in [-0.2, -0.15) is 0 Å². The van der Waals surface area contributed by atoms with Crippen LogP contribution >= 0.6 is 15.6 Å². The second-order valence-electron chi connectivity index (χ2n) is 8.58. The molecule has 0 spiro atoms. The van der Waals surface area contributed by atoms with Crippen molar-refractivity contribution in [2.75, 3.05) is 152 Å². The molecule has 45 heavy (non-hydrogen) atoms. The number of hydrogen-bond acceptors (Lipinski definition) is 15. The molecule has 0 rings (SSSR count). The maximum Gasteiger partial charge on any atom is 0.470 e. The van der Waals surface area contributed by atoms with E-state index >= 15 is 0 Å². The van der Waals surface area contributed by atoms with Crippen LogP contribution in [0.2, 0.25) is 0 Å². The van der Waals surface area contributed by atoms with Gasteiger partial charge in [0.25, 0.3) is 0 Å². The minimum absolute atomic E-state index is 0.0409. The summed E-state index contributed by atoms with van der Waals surface area (Å²) in [6.45, 7) is 7.23. The first kappa shape index (κ1) is 44.8. The smallest absolute Gasteiger partial charge is 0.382 e. The molecule has 0 radical (unpaired) electrons. The summed E-state index contributed by atoms with van der Waals surface area (Å²) in [5.74, 6) is 0. The highest BCUT2D eigenvalue weighted by molar-refractivity contribution is 7.46. The molecule has 272 valence electrons. The monoisotopic (exact) mass is 706 g/mol. The summed E-state index contributed by atoms with van der Waals surface area (Å²) < 4.78 is 88.6. The van der Waals surface area contributed by atoms with E-state index < -0.39 is 28.4 Å². The number of rotatable bonds is 37. The highest BCUT2D eigenvalue weighted by atomic mass is 31.2. The van der Waals surface area contributed by atoms with Crippen LogP contribution in [-0.4, -0.2) is 178 Å². The number of methoxy groups -OCH3 is 1. The second kappa shape index (κ2) is 32.3. The molecule has 0 amide bonds. The van der Waals surface area contributed by atoms with Crippen LogP contribution in [0, 0.1) is 0 Å². The molecule has 0 aromatic heterocycles. The maximum absolute atomic E-state index is 10.9. The Hall–Kier alpha value is -0.220. The molecule has 0 bridgehead atoms. The van der Waals surface area contributed by atoms with E-state index in [1.54, 1.807) is 7.11 Å². The third-order valence-corrected chi connectivity index (χ3v) is 5.86. The summed E-state index contributed by atoms with van der Waals surface area (Å²) in [6, 6.07) is 0. The molecule has 0 aliphatic rings. The maximum atomic E-state index is 10.9. The van der Waals surface area contributed by atoms with E-state index in [4.69, 9.17) is 71.7 Å². The molecule has 0 aromatic carbocycles. The van der Waals surface area contributed by atoms with Crippen LogP contribution in [-0.2, 0) is 70.3 Å². The third kappa shape index (κ3) is 39.9. The molecule has 0 saturated heterocycles. The fourth-order valence-corrected chi connectivity index (χ4v) is 3.69. The van der Waals surface area contributed by atoms with Crippen molar-refractivity contribution in [3.63, 3.8) is 0 Å². The van der Waals surface area contributed by atoms with Gasteiger partial charge in [0.05, 0.1) is 145 Å². The van der Waals surface area contributed by atoms with Gasteiger partial charge in [-0.05, 0) is 0 Å². The van der Waals surface area contributed by atoms with E-state index in [9.17, 15) is 9.13 Å². The first-order chi connectivity index (χ1) is 21.6. The van der Waals surface area contributed by atoms with E-state index in [0.717, 1.165) is 0 Å². The molecule has 4 N–H and O–H groups in total. The molecular weight excluding hydrogens is 654 g/mol. The summed E-state index contributed by atoms with van der Waals surface area (Å²) in [5.41, 5.74) is 0. The van der Waals surface area contributed by atoms with Gasteiger partial charge in [-0.25, -0.2) is 9.13 Å². The van der Waals surface area contributed by atoms with Crippen molar-refractivity contribution in [1.82, 2.24) is 0 Å². The summed E-state index contributed by atoms with van der Waals surface area (Å²) in [7, 11) is -8.11. The van der Waals surface area contributed by atoms with Gasteiger partial charge >= 0.3 is 15.6 Å². The molecule has 0 aliphatic carbocycles. The van der Waals surface area contributed by atoms with Crippen molar-refractivity contribution in [2.24, 2.45) is 0 Å². The van der Waals surface area contributed by atoms with Crippen LogP contribution in [0.1, 0.15) is 0 Å². The van der Waals surface area contributed by atoms with Gasteiger partial charge in [-0.15, -0.1) is 0 Å². The predicted octanol–water partition coefficient (Wildman–Crippen LogP) is -0.614. The van der Waals surface area contributed by atoms with Crippen molar-refractivity contribution in [2.45, 2.75) is 6.10 Å². The largest absolute Gasteiger partial charge is 0.470 e. The lowest BCUT2D eigenvalue weighted by Gasteiger charge is -2.18. The normalized spacial score (nSPS) is 13.1. The molecule has 0 heterocycles. The zero-order valence-corrected chi connectivity index (χ0v) is 27.7. The molecule has 19 nitrogen and oxygen atoms in total. The highest BCUT2D eigenvalue weighted by Gasteiger charge is 2.26. The predicted molar refractivity (Wildman–Crippen MR) is 155 cm³/mol. The second-order valence-corrected chi connectivity index (χ2v) is 11.0. The minimum atomic E-state index is -4.90. The van der Waals surface area contributed by atoms with Crippen LogP contribution in [0.15, 0.2) is 0 Å². The Morgan fingerprint density at radius 1 is 0.400 bits per heavy atom. The standard InChI is InChI=1S/C24H52O19P2/c1-31-2-3-32-4-5-33-6-7-34-8-9-35-10-11-36-12-13-37-14-15-38-16-17-39-18-19-40-20-21-41-22-24(43-45(28,29)30)23-42-44(25,26)27/h24H,2-23H2,1H3,(H2,25,26,27)(H2,28,29,30). The van der Waals surface area contributed by atoms with Crippen LogP contribution < -0.4 is 0 Å². The number of hydrogen-bond donors (Lipinski definition) is 4. The van der Waals surface area contributed by atoms with E-state index in [0.29, 0.717) is 112 Å². The summed E-state index contributed by atoms with van der Waals surface area (Å²) >= 11 is 0. The van der Waals surface area contributed by atoms with Gasteiger partial charge in [0.2, 0.25) is 0 Å². The van der Waals surface area contributed by atoms with Crippen molar-refractivity contribution in [3.05, 3.63) is 0 Å². The highest BCUT2D eigenvalue weighted by Crippen LogP contribution is 2.40. The first-order valence-corrected chi connectivity index (χ1v) is 17.4. The molecule has 0 saturated carbocycles. The number of phosphoric ester groups is 2. The first-order valence-electron chi connectivity index (χ1n) is 14.3. The van der Waals surface area contributed by atoms with Crippen molar-refractivity contribution < 1.29 is 89.9 Å². The van der Waals surface area contributed by atoms with Crippen LogP contribution in [0.4, 0.5) is 0 Å². The van der Waals surface area contributed by atoms with Gasteiger partial charge in [-0.3, -0.25) is 9.05 Å². The fourth-order valence-electron chi connectivity index (χ4n) is 2.82. The van der Waals surface area contributed by atoms with Crippen LogP contribution in [0.5, 0.6) is 0 Å².